The Morgan fingerprint density at radius 1 is 1.44 bits per heavy atom. The molecule has 0 radical (unpaired) electrons. The molecular weight excluding hydrogens is 228 g/mol. The molecule has 2 rings (SSSR count). The van der Waals surface area contributed by atoms with Gasteiger partial charge in [0, 0.05) is 17.5 Å². The SMILES string of the molecule is CC1=CC(=O)C2=C(C)CC[C@@H]([C@@H](C)C(=O)[O-])C=C12. The molecule has 2 aliphatic rings. The average molecular weight is 245 g/mol. The molecular formula is C15H17O3-. The van der Waals surface area contributed by atoms with Gasteiger partial charge < -0.3 is 9.90 Å². The van der Waals surface area contributed by atoms with Crippen molar-refractivity contribution in [2.75, 3.05) is 0 Å². The van der Waals surface area contributed by atoms with Crippen LogP contribution in [0.3, 0.4) is 0 Å². The first-order valence-corrected chi connectivity index (χ1v) is 6.27. The fourth-order valence-corrected chi connectivity index (χ4v) is 2.71. The Balaban J connectivity index is 2.42. The van der Waals surface area contributed by atoms with Crippen molar-refractivity contribution in [1.82, 2.24) is 0 Å². The number of carboxylic acid groups (broad SMARTS) is 1. The van der Waals surface area contributed by atoms with E-state index in [9.17, 15) is 14.7 Å². The van der Waals surface area contributed by atoms with Crippen molar-refractivity contribution in [2.24, 2.45) is 11.8 Å². The van der Waals surface area contributed by atoms with E-state index in [4.69, 9.17) is 0 Å². The van der Waals surface area contributed by atoms with E-state index in [1.165, 1.54) is 0 Å². The first-order valence-electron chi connectivity index (χ1n) is 6.27. The number of aliphatic carboxylic acids is 1. The van der Waals surface area contributed by atoms with E-state index in [0.29, 0.717) is 0 Å². The summed E-state index contributed by atoms with van der Waals surface area (Å²) in [5.74, 6) is -1.55. The largest absolute Gasteiger partial charge is 0.550 e. The minimum absolute atomic E-state index is 0.0537. The average Bonchev–Trinajstić information content (AvgIpc) is 2.48. The predicted molar refractivity (Wildman–Crippen MR) is 66.4 cm³/mol. The number of hydrogen-bond acceptors (Lipinski definition) is 3. The molecule has 3 nitrogen and oxygen atoms in total. The van der Waals surface area contributed by atoms with Gasteiger partial charge in [0.05, 0.1) is 0 Å². The van der Waals surface area contributed by atoms with E-state index in [2.05, 4.69) is 0 Å². The minimum Gasteiger partial charge on any atom is -0.550 e. The summed E-state index contributed by atoms with van der Waals surface area (Å²) in [4.78, 5) is 22.9. The third-order valence-electron chi connectivity index (χ3n) is 3.96. The van der Waals surface area contributed by atoms with Gasteiger partial charge in [0.25, 0.3) is 0 Å². The molecule has 3 heteroatoms. The van der Waals surface area contributed by atoms with Crippen LogP contribution in [-0.2, 0) is 9.59 Å². The fraction of sp³-hybridized carbons (Fsp3) is 0.467. The van der Waals surface area contributed by atoms with Crippen molar-refractivity contribution in [3.8, 4) is 0 Å². The molecule has 0 heterocycles. The van der Waals surface area contributed by atoms with E-state index in [-0.39, 0.29) is 11.7 Å². The van der Waals surface area contributed by atoms with Crippen LogP contribution in [-0.4, -0.2) is 11.8 Å². The smallest absolute Gasteiger partial charge is 0.186 e. The highest BCUT2D eigenvalue weighted by atomic mass is 16.4. The Kier molecular flexibility index (Phi) is 3.24. The monoisotopic (exact) mass is 245 g/mol. The second-order valence-corrected chi connectivity index (χ2v) is 5.24. The standard InChI is InChI=1S/C15H18O3/c1-8-4-5-11(10(3)15(17)18)7-12-9(2)6-13(16)14(8)12/h6-7,10-11H,4-5H2,1-3H3,(H,17,18)/p-1/t10-,11-/m1/s1. The van der Waals surface area contributed by atoms with Crippen molar-refractivity contribution < 1.29 is 14.7 Å². The highest BCUT2D eigenvalue weighted by Crippen LogP contribution is 2.38. The first-order chi connectivity index (χ1) is 8.41. The maximum absolute atomic E-state index is 11.9. The molecule has 0 aromatic carbocycles. The fourth-order valence-electron chi connectivity index (χ4n) is 2.71. The van der Waals surface area contributed by atoms with Crippen LogP contribution < -0.4 is 5.11 Å². The second kappa shape index (κ2) is 4.56. The Morgan fingerprint density at radius 2 is 2.11 bits per heavy atom. The Hall–Kier alpha value is -1.64. The van der Waals surface area contributed by atoms with E-state index >= 15 is 0 Å². The predicted octanol–water partition coefficient (Wildman–Crippen LogP) is 1.55. The molecule has 0 spiro atoms. The number of carbonyl (C=O) groups is 2. The Morgan fingerprint density at radius 3 is 2.72 bits per heavy atom. The summed E-state index contributed by atoms with van der Waals surface area (Å²) in [6.07, 6.45) is 5.11. The van der Waals surface area contributed by atoms with Crippen LogP contribution in [0.25, 0.3) is 0 Å². The molecule has 0 saturated heterocycles. The zero-order chi connectivity index (χ0) is 13.4. The van der Waals surface area contributed by atoms with E-state index < -0.39 is 11.9 Å². The molecule has 96 valence electrons. The van der Waals surface area contributed by atoms with Crippen LogP contribution in [0, 0.1) is 11.8 Å². The lowest BCUT2D eigenvalue weighted by Gasteiger charge is -2.21. The summed E-state index contributed by atoms with van der Waals surface area (Å²) in [5.41, 5.74) is 3.70. The zero-order valence-electron chi connectivity index (χ0n) is 10.9. The van der Waals surface area contributed by atoms with Gasteiger partial charge in [-0.05, 0) is 49.8 Å². The molecule has 0 fully saturated rings. The second-order valence-electron chi connectivity index (χ2n) is 5.24. The summed E-state index contributed by atoms with van der Waals surface area (Å²) >= 11 is 0. The van der Waals surface area contributed by atoms with Gasteiger partial charge in [0.1, 0.15) is 0 Å². The number of ketones is 1. The van der Waals surface area contributed by atoms with Crippen molar-refractivity contribution in [3.05, 3.63) is 34.4 Å². The van der Waals surface area contributed by atoms with Crippen LogP contribution in [0.4, 0.5) is 0 Å². The van der Waals surface area contributed by atoms with Gasteiger partial charge in [0.15, 0.2) is 5.78 Å². The van der Waals surface area contributed by atoms with Crippen LogP contribution in [0.2, 0.25) is 0 Å². The summed E-state index contributed by atoms with van der Waals surface area (Å²) in [7, 11) is 0. The summed E-state index contributed by atoms with van der Waals surface area (Å²) in [5, 5.41) is 11.0. The molecule has 0 bridgehead atoms. The number of carbonyl (C=O) groups excluding carboxylic acids is 2. The highest BCUT2D eigenvalue weighted by Gasteiger charge is 2.29. The summed E-state index contributed by atoms with van der Waals surface area (Å²) in [6.45, 7) is 5.53. The van der Waals surface area contributed by atoms with Crippen molar-refractivity contribution in [1.29, 1.82) is 0 Å². The van der Waals surface area contributed by atoms with Crippen LogP contribution in [0.1, 0.15) is 33.6 Å². The lowest BCUT2D eigenvalue weighted by atomic mass is 9.88. The third-order valence-corrected chi connectivity index (χ3v) is 3.96. The topological polar surface area (TPSA) is 57.2 Å². The highest BCUT2D eigenvalue weighted by molar-refractivity contribution is 6.13. The molecule has 0 aliphatic heterocycles. The zero-order valence-corrected chi connectivity index (χ0v) is 10.9. The maximum Gasteiger partial charge on any atom is 0.186 e. The lowest BCUT2D eigenvalue weighted by Crippen LogP contribution is -2.33. The van der Waals surface area contributed by atoms with Crippen LogP contribution >= 0.6 is 0 Å². The maximum atomic E-state index is 11.9. The lowest BCUT2D eigenvalue weighted by molar-refractivity contribution is -0.312. The number of allylic oxidation sites excluding steroid dienone is 6. The Labute approximate surface area is 107 Å². The summed E-state index contributed by atoms with van der Waals surface area (Å²) < 4.78 is 0. The number of rotatable bonds is 2. The molecule has 0 aromatic heterocycles. The Bertz CT molecular complexity index is 506. The van der Waals surface area contributed by atoms with Crippen molar-refractivity contribution >= 4 is 11.8 Å². The van der Waals surface area contributed by atoms with Crippen molar-refractivity contribution in [3.63, 3.8) is 0 Å². The third kappa shape index (κ3) is 2.05. The summed E-state index contributed by atoms with van der Waals surface area (Å²) in [6, 6.07) is 0. The van der Waals surface area contributed by atoms with Gasteiger partial charge in [-0.3, -0.25) is 4.79 Å². The number of carboxylic acids is 1. The molecule has 0 amide bonds. The van der Waals surface area contributed by atoms with Gasteiger partial charge >= 0.3 is 0 Å². The van der Waals surface area contributed by atoms with Crippen LogP contribution in [0.5, 0.6) is 0 Å². The van der Waals surface area contributed by atoms with Gasteiger partial charge in [-0.2, -0.15) is 0 Å². The van der Waals surface area contributed by atoms with E-state index in [0.717, 1.165) is 35.1 Å². The number of fused-ring (bicyclic) bond motifs is 1. The van der Waals surface area contributed by atoms with Gasteiger partial charge in [-0.1, -0.05) is 18.6 Å². The van der Waals surface area contributed by atoms with Crippen molar-refractivity contribution in [2.45, 2.75) is 33.6 Å². The van der Waals surface area contributed by atoms with E-state index in [1.807, 2.05) is 19.9 Å². The van der Waals surface area contributed by atoms with E-state index in [1.54, 1.807) is 13.0 Å². The normalized spacial score (nSPS) is 25.3. The molecule has 2 atom stereocenters. The van der Waals surface area contributed by atoms with Gasteiger partial charge in [-0.15, -0.1) is 0 Å². The molecule has 18 heavy (non-hydrogen) atoms. The first kappa shape index (κ1) is 12.8. The van der Waals surface area contributed by atoms with Gasteiger partial charge in [-0.25, -0.2) is 0 Å². The quantitative estimate of drug-likeness (QED) is 0.741. The molecule has 0 N–H and O–H groups in total. The molecule has 0 saturated carbocycles. The minimum atomic E-state index is -1.02. The van der Waals surface area contributed by atoms with Gasteiger partial charge in [0.2, 0.25) is 0 Å². The molecule has 0 aromatic rings. The number of hydrogen-bond donors (Lipinski definition) is 0. The van der Waals surface area contributed by atoms with Crippen LogP contribution in [0.15, 0.2) is 34.4 Å². The molecule has 0 unspecified atom stereocenters. The molecule has 2 aliphatic carbocycles.